The van der Waals surface area contributed by atoms with Crippen LogP contribution in [-0.4, -0.2) is 12.6 Å². The van der Waals surface area contributed by atoms with Crippen LogP contribution in [0.4, 0.5) is 0 Å². The zero-order valence-electron chi connectivity index (χ0n) is 8.65. The molecule has 0 amide bonds. The Kier molecular flexibility index (Phi) is 3.65. The molecule has 1 heteroatoms. The first-order chi connectivity index (χ1) is 6.45. The fourth-order valence-electron chi connectivity index (χ4n) is 2.65. The molecule has 2 aliphatic rings. The molecule has 2 fully saturated rings. The molecule has 0 saturated heterocycles. The predicted molar refractivity (Wildman–Crippen MR) is 56.6 cm³/mol. The maximum atomic E-state index is 3.73. The Balaban J connectivity index is 1.60. The van der Waals surface area contributed by atoms with E-state index in [2.05, 4.69) is 5.32 Å². The van der Waals surface area contributed by atoms with E-state index < -0.39 is 0 Å². The molecule has 1 N–H and O–H groups in total. The first-order valence-corrected chi connectivity index (χ1v) is 6.02. The van der Waals surface area contributed by atoms with E-state index >= 15 is 0 Å². The minimum absolute atomic E-state index is 0.849. The third-order valence-corrected chi connectivity index (χ3v) is 3.56. The second kappa shape index (κ2) is 4.99. The fourth-order valence-corrected chi connectivity index (χ4v) is 2.65. The summed E-state index contributed by atoms with van der Waals surface area (Å²) in [5.41, 5.74) is 0. The summed E-state index contributed by atoms with van der Waals surface area (Å²) in [4.78, 5) is 0. The van der Waals surface area contributed by atoms with Gasteiger partial charge in [0.2, 0.25) is 0 Å². The van der Waals surface area contributed by atoms with Crippen molar-refractivity contribution >= 4 is 0 Å². The van der Waals surface area contributed by atoms with Crippen LogP contribution in [0.3, 0.4) is 0 Å². The molecule has 0 aromatic rings. The van der Waals surface area contributed by atoms with Crippen LogP contribution in [0.1, 0.15) is 57.8 Å². The van der Waals surface area contributed by atoms with Crippen molar-refractivity contribution in [2.45, 2.75) is 63.8 Å². The van der Waals surface area contributed by atoms with E-state index in [0.29, 0.717) is 0 Å². The molecular weight excluding hydrogens is 158 g/mol. The van der Waals surface area contributed by atoms with Gasteiger partial charge in [0.25, 0.3) is 0 Å². The van der Waals surface area contributed by atoms with E-state index in [9.17, 15) is 0 Å². The molecule has 0 heterocycles. The van der Waals surface area contributed by atoms with Gasteiger partial charge >= 0.3 is 0 Å². The van der Waals surface area contributed by atoms with Gasteiger partial charge in [-0.25, -0.2) is 0 Å². The summed E-state index contributed by atoms with van der Waals surface area (Å²) in [5.74, 6) is 1.78. The largest absolute Gasteiger partial charge is 0.313 e. The van der Waals surface area contributed by atoms with Gasteiger partial charge < -0.3 is 5.32 Å². The van der Waals surface area contributed by atoms with E-state index in [1.54, 1.807) is 5.92 Å². The van der Waals surface area contributed by atoms with Crippen LogP contribution in [0.2, 0.25) is 0 Å². The first-order valence-electron chi connectivity index (χ1n) is 6.02. The molecule has 2 aliphatic carbocycles. The molecule has 75 valence electrons. The topological polar surface area (TPSA) is 12.0 Å². The van der Waals surface area contributed by atoms with Gasteiger partial charge in [-0.05, 0) is 31.6 Å². The minimum atomic E-state index is 0.849. The third-order valence-electron chi connectivity index (χ3n) is 3.56. The van der Waals surface area contributed by atoms with Gasteiger partial charge in [0.05, 0.1) is 0 Å². The van der Waals surface area contributed by atoms with Crippen LogP contribution in [0.15, 0.2) is 0 Å². The highest BCUT2D eigenvalue weighted by Gasteiger charge is 2.18. The molecule has 1 radical (unpaired) electrons. The average Bonchev–Trinajstić information content (AvgIpc) is 2.69. The summed E-state index contributed by atoms with van der Waals surface area (Å²) in [7, 11) is 0. The zero-order chi connectivity index (χ0) is 8.93. The number of nitrogens with one attached hydrogen (secondary N) is 1. The van der Waals surface area contributed by atoms with Crippen molar-refractivity contribution in [1.29, 1.82) is 0 Å². The Labute approximate surface area is 82.3 Å². The van der Waals surface area contributed by atoms with Gasteiger partial charge in [0.1, 0.15) is 0 Å². The van der Waals surface area contributed by atoms with Crippen LogP contribution in [0.5, 0.6) is 0 Å². The van der Waals surface area contributed by atoms with E-state index in [4.69, 9.17) is 0 Å². The maximum Gasteiger partial charge on any atom is 0.00673 e. The third kappa shape index (κ3) is 2.98. The Morgan fingerprint density at radius 1 is 0.923 bits per heavy atom. The first kappa shape index (κ1) is 9.51. The predicted octanol–water partition coefficient (Wildman–Crippen LogP) is 3.06. The Morgan fingerprint density at radius 3 is 2.31 bits per heavy atom. The van der Waals surface area contributed by atoms with E-state index in [0.717, 1.165) is 6.04 Å². The van der Waals surface area contributed by atoms with E-state index in [-0.39, 0.29) is 0 Å². The van der Waals surface area contributed by atoms with E-state index in [1.165, 1.54) is 64.3 Å². The molecule has 0 aliphatic heterocycles. The van der Waals surface area contributed by atoms with Crippen molar-refractivity contribution in [3.05, 3.63) is 5.92 Å². The number of hydrogen-bond acceptors (Lipinski definition) is 1. The van der Waals surface area contributed by atoms with Crippen molar-refractivity contribution in [3.63, 3.8) is 0 Å². The lowest BCUT2D eigenvalue weighted by atomic mass is 9.95. The lowest BCUT2D eigenvalue weighted by molar-refractivity contribution is 0.376. The summed E-state index contributed by atoms with van der Waals surface area (Å²) in [6.07, 6.45) is 12.9. The van der Waals surface area contributed by atoms with Crippen molar-refractivity contribution in [3.8, 4) is 0 Å². The number of rotatable bonds is 3. The van der Waals surface area contributed by atoms with E-state index in [1.807, 2.05) is 0 Å². The number of hydrogen-bond donors (Lipinski definition) is 1. The summed E-state index contributed by atoms with van der Waals surface area (Å²) < 4.78 is 0. The molecule has 0 aromatic carbocycles. The molecule has 2 saturated carbocycles. The van der Waals surface area contributed by atoms with Crippen molar-refractivity contribution < 1.29 is 0 Å². The summed E-state index contributed by atoms with van der Waals surface area (Å²) in [5, 5.41) is 3.73. The van der Waals surface area contributed by atoms with Gasteiger partial charge in [-0.2, -0.15) is 0 Å². The van der Waals surface area contributed by atoms with Gasteiger partial charge in [-0.1, -0.05) is 32.1 Å². The molecule has 2 rings (SSSR count). The van der Waals surface area contributed by atoms with Crippen LogP contribution in [-0.2, 0) is 0 Å². The normalized spacial score (nSPS) is 26.8. The lowest BCUT2D eigenvalue weighted by Crippen LogP contribution is -2.33. The van der Waals surface area contributed by atoms with Gasteiger partial charge in [-0.3, -0.25) is 0 Å². The molecule has 1 nitrogen and oxygen atoms in total. The highest BCUT2D eigenvalue weighted by atomic mass is 14.9. The van der Waals surface area contributed by atoms with Crippen molar-refractivity contribution in [1.82, 2.24) is 5.32 Å². The molecule has 0 atom stereocenters. The van der Waals surface area contributed by atoms with Crippen molar-refractivity contribution in [2.24, 2.45) is 0 Å². The fraction of sp³-hybridized carbons (Fsp3) is 0.917. The lowest BCUT2D eigenvalue weighted by Gasteiger charge is -2.24. The quantitative estimate of drug-likeness (QED) is 0.704. The summed E-state index contributed by atoms with van der Waals surface area (Å²) in [6.45, 7) is 1.23. The SMILES string of the molecule is C1CCC(NC[C]2CCCC2)CC1. The second-order valence-corrected chi connectivity index (χ2v) is 4.67. The standard InChI is InChI=1S/C12H22N/c1-2-8-12(9-3-1)13-10-11-6-4-5-7-11/h12-13H,1-10H2. The zero-order valence-corrected chi connectivity index (χ0v) is 8.65. The molecule has 13 heavy (non-hydrogen) atoms. The highest BCUT2D eigenvalue weighted by Crippen LogP contribution is 2.26. The minimum Gasteiger partial charge on any atom is -0.313 e. The second-order valence-electron chi connectivity index (χ2n) is 4.67. The van der Waals surface area contributed by atoms with Crippen molar-refractivity contribution in [2.75, 3.05) is 6.54 Å². The van der Waals surface area contributed by atoms with Gasteiger partial charge in [0, 0.05) is 12.6 Å². The van der Waals surface area contributed by atoms with Crippen LogP contribution >= 0.6 is 0 Å². The molecule has 0 spiro atoms. The van der Waals surface area contributed by atoms with Crippen LogP contribution in [0.25, 0.3) is 0 Å². The Hall–Kier alpha value is -0.0400. The molecule has 0 unspecified atom stereocenters. The molecule has 0 aromatic heterocycles. The summed E-state index contributed by atoms with van der Waals surface area (Å²) in [6, 6.07) is 0.849. The van der Waals surface area contributed by atoms with Gasteiger partial charge in [0.15, 0.2) is 0 Å². The molecular formula is C12H22N. The molecule has 0 bridgehead atoms. The highest BCUT2D eigenvalue weighted by molar-refractivity contribution is 4.97. The van der Waals surface area contributed by atoms with Crippen LogP contribution < -0.4 is 5.32 Å². The summed E-state index contributed by atoms with van der Waals surface area (Å²) >= 11 is 0. The monoisotopic (exact) mass is 180 g/mol. The maximum absolute atomic E-state index is 3.73. The van der Waals surface area contributed by atoms with Gasteiger partial charge in [-0.15, -0.1) is 0 Å². The smallest absolute Gasteiger partial charge is 0.00673 e. The average molecular weight is 180 g/mol. The Bertz CT molecular complexity index is 132. The Morgan fingerprint density at radius 2 is 1.62 bits per heavy atom. The van der Waals surface area contributed by atoms with Crippen LogP contribution in [0, 0.1) is 5.92 Å².